The van der Waals surface area contributed by atoms with E-state index in [0.29, 0.717) is 12.8 Å². The normalized spacial score (nSPS) is 26.2. The zero-order chi connectivity index (χ0) is 22.4. The molecule has 30 heavy (non-hydrogen) atoms. The second kappa shape index (κ2) is 15.3. The molecule has 1 rings (SSSR count). The molecule has 1 fully saturated rings. The van der Waals surface area contributed by atoms with Crippen molar-refractivity contribution in [3.05, 3.63) is 12.8 Å². The lowest BCUT2D eigenvalue weighted by Crippen LogP contribution is -2.59. The second-order valence-electron chi connectivity index (χ2n) is 7.42. The summed E-state index contributed by atoms with van der Waals surface area (Å²) in [4.78, 5) is 23.0. The number of carbonyl (C=O) groups excluding carboxylic acids is 2. The van der Waals surface area contributed by atoms with Gasteiger partial charge in [0.15, 0.2) is 6.29 Å². The molecule has 0 amide bonds. The highest BCUT2D eigenvalue weighted by Gasteiger charge is 2.44. The summed E-state index contributed by atoms with van der Waals surface area (Å²) >= 11 is 0. The van der Waals surface area contributed by atoms with E-state index in [9.17, 15) is 24.9 Å². The summed E-state index contributed by atoms with van der Waals surface area (Å²) in [5.41, 5.74) is 0. The number of carbonyl (C=O) groups is 2. The first kappa shape index (κ1) is 26.5. The van der Waals surface area contributed by atoms with E-state index < -0.39 is 36.7 Å². The van der Waals surface area contributed by atoms with Crippen LogP contribution in [0.2, 0.25) is 0 Å². The third kappa shape index (κ3) is 9.99. The van der Waals surface area contributed by atoms with E-state index in [2.05, 4.69) is 11.3 Å². The molecule has 1 saturated heterocycles. The fraction of sp³-hybridized carbons (Fsp3) is 0.810. The van der Waals surface area contributed by atoms with Gasteiger partial charge in [0.25, 0.3) is 0 Å². The zero-order valence-corrected chi connectivity index (χ0v) is 17.7. The number of aliphatic hydroxyl groups excluding tert-OH is 3. The van der Waals surface area contributed by atoms with E-state index in [1.165, 1.54) is 7.11 Å². The lowest BCUT2D eigenvalue weighted by Gasteiger charge is -2.39. The van der Waals surface area contributed by atoms with Crippen LogP contribution in [0.25, 0.3) is 0 Å². The van der Waals surface area contributed by atoms with Crippen LogP contribution in [0.5, 0.6) is 0 Å². The molecule has 9 nitrogen and oxygen atoms in total. The molecular weight excluding hydrogens is 396 g/mol. The Morgan fingerprint density at radius 2 is 1.40 bits per heavy atom. The highest BCUT2D eigenvalue weighted by atomic mass is 16.7. The molecule has 174 valence electrons. The van der Waals surface area contributed by atoms with Gasteiger partial charge in [0.1, 0.15) is 31.0 Å². The number of rotatable bonds is 15. The summed E-state index contributed by atoms with van der Waals surface area (Å²) in [7, 11) is 1.31. The molecule has 9 heteroatoms. The van der Waals surface area contributed by atoms with E-state index in [-0.39, 0.29) is 19.0 Å². The fourth-order valence-electron chi connectivity index (χ4n) is 3.25. The van der Waals surface area contributed by atoms with Crippen molar-refractivity contribution in [3.63, 3.8) is 0 Å². The van der Waals surface area contributed by atoms with Gasteiger partial charge in [-0.05, 0) is 12.8 Å². The number of hydrogen-bond donors (Lipinski definition) is 3. The molecule has 1 aliphatic heterocycles. The van der Waals surface area contributed by atoms with Gasteiger partial charge < -0.3 is 34.3 Å². The first-order chi connectivity index (χ1) is 14.4. The van der Waals surface area contributed by atoms with Crippen molar-refractivity contribution in [2.24, 2.45) is 0 Å². The molecular formula is C21H36O9. The van der Waals surface area contributed by atoms with Gasteiger partial charge in [-0.25, -0.2) is 0 Å². The number of aliphatic hydroxyl groups is 3. The predicted molar refractivity (Wildman–Crippen MR) is 107 cm³/mol. The van der Waals surface area contributed by atoms with Gasteiger partial charge >= 0.3 is 11.9 Å². The van der Waals surface area contributed by atoms with Crippen molar-refractivity contribution in [1.29, 1.82) is 0 Å². The second-order valence-corrected chi connectivity index (χ2v) is 7.42. The van der Waals surface area contributed by atoms with Crippen molar-refractivity contribution in [2.45, 2.75) is 94.9 Å². The molecule has 5 atom stereocenters. The van der Waals surface area contributed by atoms with Crippen molar-refractivity contribution in [2.75, 3.05) is 13.7 Å². The Labute approximate surface area is 178 Å². The molecule has 0 aromatic carbocycles. The van der Waals surface area contributed by atoms with Gasteiger partial charge in [-0.1, -0.05) is 45.1 Å². The maximum atomic E-state index is 11.9. The van der Waals surface area contributed by atoms with Crippen LogP contribution in [0.4, 0.5) is 0 Å². The number of ether oxygens (including phenoxy) is 4. The molecule has 3 N–H and O–H groups in total. The molecule has 0 radical (unpaired) electrons. The number of methoxy groups -OCH3 is 1. The standard InChI is InChI=1S/C21H36O9/c1-3-28-16(22)12-10-8-6-4-5-7-9-11-13-17(23)29-14-15-18(24)19(25)20(26)21(27-2)30-15/h3,15,18-21,24-26H,1,4-14H2,2H3/t15-,18-,19+,20-,21+/m1/s1. The zero-order valence-electron chi connectivity index (χ0n) is 17.7. The van der Waals surface area contributed by atoms with Crippen LogP contribution < -0.4 is 0 Å². The molecule has 0 saturated carbocycles. The Bertz CT molecular complexity index is 509. The monoisotopic (exact) mass is 432 g/mol. The number of esters is 2. The smallest absolute Gasteiger partial charge is 0.310 e. The Morgan fingerprint density at radius 3 is 1.93 bits per heavy atom. The topological polar surface area (TPSA) is 132 Å². The van der Waals surface area contributed by atoms with Crippen LogP contribution in [0.3, 0.4) is 0 Å². The van der Waals surface area contributed by atoms with Crippen molar-refractivity contribution in [3.8, 4) is 0 Å². The lowest BCUT2D eigenvalue weighted by atomic mass is 9.99. The van der Waals surface area contributed by atoms with Gasteiger partial charge in [-0.3, -0.25) is 9.59 Å². The quantitative estimate of drug-likeness (QED) is 0.200. The van der Waals surface area contributed by atoms with Crippen LogP contribution in [0, 0.1) is 0 Å². The lowest BCUT2D eigenvalue weighted by molar-refractivity contribution is -0.295. The summed E-state index contributed by atoms with van der Waals surface area (Å²) < 4.78 is 20.0. The van der Waals surface area contributed by atoms with Crippen molar-refractivity contribution < 1.29 is 43.9 Å². The maximum Gasteiger partial charge on any atom is 0.310 e. The molecule has 0 unspecified atom stereocenters. The molecule has 1 heterocycles. The van der Waals surface area contributed by atoms with Crippen molar-refractivity contribution >= 4 is 11.9 Å². The Morgan fingerprint density at radius 1 is 0.867 bits per heavy atom. The van der Waals surface area contributed by atoms with Gasteiger partial charge in [-0.2, -0.15) is 0 Å². The Kier molecular flexibility index (Phi) is 13.5. The van der Waals surface area contributed by atoms with Crippen LogP contribution in [-0.2, 0) is 28.5 Å². The Balaban J connectivity index is 2.02. The predicted octanol–water partition coefficient (Wildman–Crippen LogP) is 1.57. The average molecular weight is 433 g/mol. The van der Waals surface area contributed by atoms with E-state index in [1.807, 2.05) is 0 Å². The van der Waals surface area contributed by atoms with Gasteiger partial charge in [0.2, 0.25) is 0 Å². The minimum Gasteiger partial charge on any atom is -0.463 e. The number of unbranched alkanes of at least 4 members (excludes halogenated alkanes) is 7. The van der Waals surface area contributed by atoms with Gasteiger partial charge in [0.05, 0.1) is 6.26 Å². The SMILES string of the molecule is C=COC(=O)CCCCCCCCCCC(=O)OC[C@H]1O[C@H](OC)[C@H](O)[C@@H](O)[C@@H]1O. The molecule has 1 aliphatic rings. The molecule has 0 aliphatic carbocycles. The fourth-order valence-corrected chi connectivity index (χ4v) is 3.25. The highest BCUT2D eigenvalue weighted by Crippen LogP contribution is 2.22. The summed E-state index contributed by atoms with van der Waals surface area (Å²) in [6.45, 7) is 3.12. The van der Waals surface area contributed by atoms with Crippen molar-refractivity contribution in [1.82, 2.24) is 0 Å². The van der Waals surface area contributed by atoms with Gasteiger partial charge in [0, 0.05) is 20.0 Å². The minimum absolute atomic E-state index is 0.218. The molecule has 0 bridgehead atoms. The summed E-state index contributed by atoms with van der Waals surface area (Å²) in [5.74, 6) is -0.638. The molecule has 0 spiro atoms. The largest absolute Gasteiger partial charge is 0.463 e. The first-order valence-electron chi connectivity index (χ1n) is 10.6. The van der Waals surface area contributed by atoms with E-state index >= 15 is 0 Å². The summed E-state index contributed by atoms with van der Waals surface area (Å²) in [5, 5.41) is 29.4. The van der Waals surface area contributed by atoms with E-state index in [1.54, 1.807) is 0 Å². The first-order valence-corrected chi connectivity index (χ1v) is 10.6. The minimum atomic E-state index is -1.44. The van der Waals surface area contributed by atoms with Crippen LogP contribution >= 0.6 is 0 Å². The summed E-state index contributed by atoms with van der Waals surface area (Å²) in [6, 6.07) is 0. The Hall–Kier alpha value is -1.52. The van der Waals surface area contributed by atoms with Crippen LogP contribution in [0.1, 0.15) is 64.2 Å². The molecule has 0 aromatic rings. The van der Waals surface area contributed by atoms with Crippen LogP contribution in [-0.4, -0.2) is 71.7 Å². The van der Waals surface area contributed by atoms with E-state index in [4.69, 9.17) is 14.2 Å². The number of hydrogen-bond acceptors (Lipinski definition) is 9. The maximum absolute atomic E-state index is 11.9. The third-order valence-electron chi connectivity index (χ3n) is 5.04. The van der Waals surface area contributed by atoms with Crippen LogP contribution in [0.15, 0.2) is 12.8 Å². The molecule has 0 aromatic heterocycles. The van der Waals surface area contributed by atoms with Gasteiger partial charge in [-0.15, -0.1) is 0 Å². The average Bonchev–Trinajstić information content (AvgIpc) is 2.73. The van der Waals surface area contributed by atoms with E-state index in [0.717, 1.165) is 51.2 Å². The highest BCUT2D eigenvalue weighted by molar-refractivity contribution is 5.69. The summed E-state index contributed by atoms with van der Waals surface area (Å²) in [6.07, 6.45) is 3.30. The third-order valence-corrected chi connectivity index (χ3v) is 5.04.